The zero-order valence-corrected chi connectivity index (χ0v) is 10.6. The average Bonchev–Trinajstić information content (AvgIpc) is 3.12. The van der Waals surface area contributed by atoms with Crippen molar-refractivity contribution in [1.82, 2.24) is 5.32 Å². The summed E-state index contributed by atoms with van der Waals surface area (Å²) >= 11 is 0. The maximum absolute atomic E-state index is 13.4. The van der Waals surface area contributed by atoms with Gasteiger partial charge in [0.2, 0.25) is 0 Å². The second-order valence-corrected chi connectivity index (χ2v) is 5.03. The SMILES string of the molecule is CCCNCc1oc2ccc(F)cc2c1C1CC1. The topological polar surface area (TPSA) is 25.2 Å². The van der Waals surface area contributed by atoms with Crippen LogP contribution in [0.2, 0.25) is 0 Å². The van der Waals surface area contributed by atoms with Gasteiger partial charge in [-0.1, -0.05) is 6.92 Å². The van der Waals surface area contributed by atoms with Crippen LogP contribution in [0.4, 0.5) is 4.39 Å². The van der Waals surface area contributed by atoms with Gasteiger partial charge in [0.1, 0.15) is 17.2 Å². The molecule has 1 saturated carbocycles. The fraction of sp³-hybridized carbons (Fsp3) is 0.467. The Morgan fingerprint density at radius 1 is 1.39 bits per heavy atom. The van der Waals surface area contributed by atoms with Crippen molar-refractivity contribution in [2.24, 2.45) is 0 Å². The Bertz CT molecular complexity index is 557. The first-order valence-electron chi connectivity index (χ1n) is 6.71. The van der Waals surface area contributed by atoms with Gasteiger partial charge < -0.3 is 9.73 Å². The first-order chi connectivity index (χ1) is 8.79. The van der Waals surface area contributed by atoms with Gasteiger partial charge in [-0.2, -0.15) is 0 Å². The maximum atomic E-state index is 13.4. The van der Waals surface area contributed by atoms with E-state index in [0.717, 1.165) is 36.2 Å². The second-order valence-electron chi connectivity index (χ2n) is 5.03. The molecular weight excluding hydrogens is 229 g/mol. The minimum Gasteiger partial charge on any atom is -0.459 e. The summed E-state index contributed by atoms with van der Waals surface area (Å²) in [5.41, 5.74) is 2.04. The van der Waals surface area contributed by atoms with E-state index < -0.39 is 0 Å². The maximum Gasteiger partial charge on any atom is 0.134 e. The number of furan rings is 1. The number of nitrogens with one attached hydrogen (secondary N) is 1. The molecule has 1 aliphatic carbocycles. The molecule has 0 bridgehead atoms. The molecule has 96 valence electrons. The van der Waals surface area contributed by atoms with Crippen molar-refractivity contribution in [2.75, 3.05) is 6.54 Å². The molecule has 3 heteroatoms. The number of fused-ring (bicyclic) bond motifs is 1. The molecule has 0 atom stereocenters. The summed E-state index contributed by atoms with van der Waals surface area (Å²) in [4.78, 5) is 0. The highest BCUT2D eigenvalue weighted by molar-refractivity contribution is 5.83. The number of halogens is 1. The van der Waals surface area contributed by atoms with Crippen LogP contribution in [0.15, 0.2) is 22.6 Å². The molecule has 0 unspecified atom stereocenters. The van der Waals surface area contributed by atoms with Gasteiger partial charge in [-0.15, -0.1) is 0 Å². The normalized spacial score (nSPS) is 15.4. The minimum absolute atomic E-state index is 0.182. The van der Waals surface area contributed by atoms with Gasteiger partial charge in [-0.25, -0.2) is 4.39 Å². The third kappa shape index (κ3) is 2.15. The summed E-state index contributed by atoms with van der Waals surface area (Å²) in [6, 6.07) is 4.81. The molecule has 1 fully saturated rings. The van der Waals surface area contributed by atoms with E-state index in [-0.39, 0.29) is 5.82 Å². The van der Waals surface area contributed by atoms with Crippen molar-refractivity contribution < 1.29 is 8.81 Å². The highest BCUT2D eigenvalue weighted by Gasteiger charge is 2.30. The lowest BCUT2D eigenvalue weighted by molar-refractivity contribution is 0.507. The van der Waals surface area contributed by atoms with Crippen LogP contribution in [0.5, 0.6) is 0 Å². The van der Waals surface area contributed by atoms with Gasteiger partial charge in [0.15, 0.2) is 0 Å². The Morgan fingerprint density at radius 2 is 2.22 bits per heavy atom. The summed E-state index contributed by atoms with van der Waals surface area (Å²) in [6.45, 7) is 3.87. The van der Waals surface area contributed by atoms with Gasteiger partial charge in [0, 0.05) is 10.9 Å². The van der Waals surface area contributed by atoms with Crippen molar-refractivity contribution in [1.29, 1.82) is 0 Å². The molecule has 0 aliphatic heterocycles. The molecule has 1 heterocycles. The Morgan fingerprint density at radius 3 is 2.94 bits per heavy atom. The largest absolute Gasteiger partial charge is 0.459 e. The predicted octanol–water partition coefficient (Wildman–Crippen LogP) is 3.95. The van der Waals surface area contributed by atoms with Crippen molar-refractivity contribution >= 4 is 11.0 Å². The Kier molecular flexibility index (Phi) is 3.08. The number of benzene rings is 1. The third-order valence-electron chi connectivity index (χ3n) is 3.46. The third-order valence-corrected chi connectivity index (χ3v) is 3.46. The molecule has 2 aromatic rings. The lowest BCUT2D eigenvalue weighted by atomic mass is 10.1. The molecule has 1 aromatic heterocycles. The summed E-state index contributed by atoms with van der Waals surface area (Å²) < 4.78 is 19.2. The fourth-order valence-electron chi connectivity index (χ4n) is 2.47. The Balaban J connectivity index is 1.98. The van der Waals surface area contributed by atoms with Crippen molar-refractivity contribution in [3.8, 4) is 0 Å². The molecule has 0 radical (unpaired) electrons. The Labute approximate surface area is 106 Å². The van der Waals surface area contributed by atoms with Crippen LogP contribution in [0.25, 0.3) is 11.0 Å². The molecule has 18 heavy (non-hydrogen) atoms. The van der Waals surface area contributed by atoms with Crippen LogP contribution in [0.3, 0.4) is 0 Å². The molecule has 2 nitrogen and oxygen atoms in total. The van der Waals surface area contributed by atoms with Gasteiger partial charge in [-0.3, -0.25) is 0 Å². The zero-order chi connectivity index (χ0) is 12.5. The van der Waals surface area contributed by atoms with E-state index in [1.807, 2.05) is 0 Å². The van der Waals surface area contributed by atoms with Gasteiger partial charge in [-0.05, 0) is 49.9 Å². The lowest BCUT2D eigenvalue weighted by Crippen LogP contribution is -2.14. The molecule has 0 spiro atoms. The minimum atomic E-state index is -0.182. The van der Waals surface area contributed by atoms with Crippen molar-refractivity contribution in [3.63, 3.8) is 0 Å². The molecule has 3 rings (SSSR count). The van der Waals surface area contributed by atoms with Crippen molar-refractivity contribution in [2.45, 2.75) is 38.6 Å². The van der Waals surface area contributed by atoms with Crippen molar-refractivity contribution in [3.05, 3.63) is 35.3 Å². The van der Waals surface area contributed by atoms with E-state index in [1.54, 1.807) is 12.1 Å². The number of hydrogen-bond donors (Lipinski definition) is 1. The second kappa shape index (κ2) is 4.73. The van der Waals surface area contributed by atoms with Crippen LogP contribution in [0, 0.1) is 5.82 Å². The molecule has 0 saturated heterocycles. The van der Waals surface area contributed by atoms with Crippen LogP contribution in [0.1, 0.15) is 43.4 Å². The van der Waals surface area contributed by atoms with Crippen LogP contribution in [-0.4, -0.2) is 6.54 Å². The number of rotatable bonds is 5. The fourth-order valence-corrected chi connectivity index (χ4v) is 2.47. The van der Waals surface area contributed by atoms with E-state index in [2.05, 4.69) is 12.2 Å². The smallest absolute Gasteiger partial charge is 0.134 e. The summed E-state index contributed by atoms with van der Waals surface area (Å²) in [6.07, 6.45) is 3.51. The Hall–Kier alpha value is -1.35. The zero-order valence-electron chi connectivity index (χ0n) is 10.6. The summed E-state index contributed by atoms with van der Waals surface area (Å²) in [5.74, 6) is 1.39. The van der Waals surface area contributed by atoms with Gasteiger partial charge in [0.25, 0.3) is 0 Å². The summed E-state index contributed by atoms with van der Waals surface area (Å²) in [5, 5.41) is 4.33. The molecule has 1 aliphatic rings. The molecule has 0 amide bonds. The highest BCUT2D eigenvalue weighted by Crippen LogP contribution is 2.46. The van der Waals surface area contributed by atoms with E-state index >= 15 is 0 Å². The van der Waals surface area contributed by atoms with Gasteiger partial charge in [0.05, 0.1) is 6.54 Å². The lowest BCUT2D eigenvalue weighted by Gasteiger charge is -2.02. The van der Waals surface area contributed by atoms with Gasteiger partial charge >= 0.3 is 0 Å². The standard InChI is InChI=1S/C15H18FNO/c1-2-7-17-9-14-15(10-3-4-10)12-8-11(16)5-6-13(12)18-14/h5-6,8,10,17H,2-4,7,9H2,1H3. The first-order valence-corrected chi connectivity index (χ1v) is 6.71. The first kappa shape index (κ1) is 11.7. The van der Waals surface area contributed by atoms with E-state index in [1.165, 1.54) is 24.5 Å². The number of hydrogen-bond acceptors (Lipinski definition) is 2. The van der Waals surface area contributed by atoms with E-state index in [4.69, 9.17) is 4.42 Å². The van der Waals surface area contributed by atoms with E-state index in [9.17, 15) is 4.39 Å². The summed E-state index contributed by atoms with van der Waals surface area (Å²) in [7, 11) is 0. The van der Waals surface area contributed by atoms with Crippen LogP contribution < -0.4 is 5.32 Å². The van der Waals surface area contributed by atoms with E-state index in [0.29, 0.717) is 5.92 Å². The van der Waals surface area contributed by atoms with Crippen LogP contribution >= 0.6 is 0 Å². The highest BCUT2D eigenvalue weighted by atomic mass is 19.1. The average molecular weight is 247 g/mol. The molecular formula is C15H18FNO. The molecule has 1 aromatic carbocycles. The molecule has 1 N–H and O–H groups in total. The monoisotopic (exact) mass is 247 g/mol. The van der Waals surface area contributed by atoms with Crippen LogP contribution in [-0.2, 0) is 6.54 Å². The quantitative estimate of drug-likeness (QED) is 0.809. The predicted molar refractivity (Wildman–Crippen MR) is 70.1 cm³/mol.